The van der Waals surface area contributed by atoms with Gasteiger partial charge in [0.2, 0.25) is 0 Å². The fourth-order valence-electron chi connectivity index (χ4n) is 3.72. The number of aromatic nitrogens is 5. The summed E-state index contributed by atoms with van der Waals surface area (Å²) in [5.74, 6) is -6.94. The largest absolute Gasteiger partial charge is 0.490 e. The predicted molar refractivity (Wildman–Crippen MR) is 144 cm³/mol. The third kappa shape index (κ3) is 12.8. The first-order chi connectivity index (χ1) is 22.2. The van der Waals surface area contributed by atoms with Crippen molar-refractivity contribution in [3.8, 4) is 11.1 Å². The Bertz CT molecular complexity index is 1590. The van der Waals surface area contributed by atoms with Crippen molar-refractivity contribution in [3.63, 3.8) is 0 Å². The average molecular weight is 698 g/mol. The number of pyridine rings is 3. The summed E-state index contributed by atoms with van der Waals surface area (Å²) in [4.78, 5) is 42.1. The van der Waals surface area contributed by atoms with E-state index < -0.39 is 36.4 Å². The molecule has 1 saturated heterocycles. The molecule has 12 nitrogen and oxygen atoms in total. The van der Waals surface area contributed by atoms with Gasteiger partial charge in [0.25, 0.3) is 0 Å². The summed E-state index contributed by atoms with van der Waals surface area (Å²) in [6.45, 7) is 3.03. The van der Waals surface area contributed by atoms with Crippen LogP contribution < -0.4 is 0 Å². The number of carboxylic acids is 3. The van der Waals surface area contributed by atoms with Gasteiger partial charge in [0.15, 0.2) is 11.5 Å². The molecule has 1 unspecified atom stereocenters. The molecule has 0 spiro atoms. The lowest BCUT2D eigenvalue weighted by atomic mass is 10.1. The van der Waals surface area contributed by atoms with Gasteiger partial charge >= 0.3 is 36.4 Å². The molecule has 260 valence electrons. The Kier molecular flexibility index (Phi) is 13.3. The molecule has 0 aromatic carbocycles. The summed E-state index contributed by atoms with van der Waals surface area (Å²) < 4.78 is 97.1. The number of fused-ring (bicyclic) bond motifs is 1. The van der Waals surface area contributed by atoms with Gasteiger partial charge in [0.05, 0.1) is 0 Å². The van der Waals surface area contributed by atoms with E-state index in [0.29, 0.717) is 5.92 Å². The second kappa shape index (κ2) is 16.5. The molecule has 0 amide bonds. The smallest absolute Gasteiger partial charge is 0.475 e. The maximum atomic E-state index is 10.6. The van der Waals surface area contributed by atoms with Crippen LogP contribution >= 0.6 is 0 Å². The zero-order chi connectivity index (χ0) is 36.3. The molecule has 1 aliphatic heterocycles. The van der Waals surface area contributed by atoms with E-state index in [4.69, 9.17) is 39.8 Å². The minimum atomic E-state index is -5.08. The molecule has 5 rings (SSSR count). The van der Waals surface area contributed by atoms with E-state index >= 15 is 0 Å². The van der Waals surface area contributed by atoms with Crippen LogP contribution in [0.2, 0.25) is 0 Å². The zero-order valence-electron chi connectivity index (χ0n) is 23.9. The van der Waals surface area contributed by atoms with Crippen LogP contribution in [0.4, 0.5) is 39.5 Å². The molecule has 1 aliphatic rings. The van der Waals surface area contributed by atoms with Crippen molar-refractivity contribution >= 4 is 23.6 Å². The number of likely N-dealkylation sites (tertiary alicyclic amines) is 1. The quantitative estimate of drug-likeness (QED) is 0.243. The number of alkyl halides is 9. The van der Waals surface area contributed by atoms with Gasteiger partial charge in [0.1, 0.15) is 0 Å². The molecular formula is C27H23F9N6O6. The first-order valence-electron chi connectivity index (χ1n) is 13.0. The van der Waals surface area contributed by atoms with E-state index in [0.717, 1.165) is 48.7 Å². The monoisotopic (exact) mass is 698 g/mol. The van der Waals surface area contributed by atoms with Gasteiger partial charge in [-0.15, -0.1) is 0 Å². The molecule has 0 aliphatic carbocycles. The molecule has 4 aromatic heterocycles. The topological polar surface area (TPSA) is 171 Å². The minimum Gasteiger partial charge on any atom is -0.475 e. The number of hydrogen-bond acceptors (Lipinski definition) is 8. The fraction of sp³-hybridized carbons (Fsp3) is 0.296. The number of halogens is 9. The Morgan fingerprint density at radius 1 is 0.708 bits per heavy atom. The van der Waals surface area contributed by atoms with Crippen molar-refractivity contribution in [2.24, 2.45) is 0 Å². The maximum absolute atomic E-state index is 10.6. The molecule has 48 heavy (non-hydrogen) atoms. The van der Waals surface area contributed by atoms with E-state index in [-0.39, 0.29) is 0 Å². The van der Waals surface area contributed by atoms with Crippen LogP contribution in [0.3, 0.4) is 0 Å². The Labute approximate surface area is 263 Å². The van der Waals surface area contributed by atoms with Gasteiger partial charge in [-0.1, -0.05) is 0 Å². The van der Waals surface area contributed by atoms with Gasteiger partial charge < -0.3 is 15.3 Å². The second-order valence-corrected chi connectivity index (χ2v) is 9.41. The molecule has 4 aromatic rings. The number of carbonyl (C=O) groups is 3. The first-order valence-corrected chi connectivity index (χ1v) is 13.0. The van der Waals surface area contributed by atoms with Gasteiger partial charge in [-0.2, -0.15) is 44.6 Å². The summed E-state index contributed by atoms with van der Waals surface area (Å²) in [5, 5.41) is 26.2. The zero-order valence-corrected chi connectivity index (χ0v) is 23.9. The number of aliphatic carboxylic acids is 3. The SMILES string of the molecule is O=C(O)C(F)(F)F.O=C(O)C(F)(F)F.O=C(O)C(F)(F)F.c1cc(CN2CCC(c3nc4ccc(-c5ccncc5)cn4n3)C2)ccn1. The first kappa shape index (κ1) is 38.8. The van der Waals surface area contributed by atoms with E-state index in [9.17, 15) is 39.5 Å². The van der Waals surface area contributed by atoms with Gasteiger partial charge in [0, 0.05) is 55.6 Å². The van der Waals surface area contributed by atoms with Gasteiger partial charge in [-0.05, 0) is 60.5 Å². The summed E-state index contributed by atoms with van der Waals surface area (Å²) in [7, 11) is 0. The van der Waals surface area contributed by atoms with Crippen molar-refractivity contribution in [2.75, 3.05) is 13.1 Å². The Balaban J connectivity index is 0.000000313. The number of carboxylic acid groups (broad SMARTS) is 3. The van der Waals surface area contributed by atoms with Crippen LogP contribution in [0.25, 0.3) is 16.8 Å². The molecule has 5 heterocycles. The Hall–Kier alpha value is -5.34. The highest BCUT2D eigenvalue weighted by atomic mass is 19.4. The lowest BCUT2D eigenvalue weighted by Crippen LogP contribution is -2.21. The standard InChI is InChI=1S/C21H20N6.3C2HF3O2/c1-2-20-24-21(25-27(20)15-18(1)17-5-10-23-11-6-17)19-7-12-26(14-19)13-16-3-8-22-9-4-16;3*3-2(4,5)1(6)7/h1-6,8-11,15,19H,7,12-14H2;3*(H,6,7). The van der Waals surface area contributed by atoms with E-state index in [1.54, 1.807) is 0 Å². The third-order valence-electron chi connectivity index (χ3n) is 5.88. The van der Waals surface area contributed by atoms with Gasteiger partial charge in [-0.3, -0.25) is 14.9 Å². The van der Waals surface area contributed by atoms with Crippen LogP contribution in [0.5, 0.6) is 0 Å². The molecule has 21 heteroatoms. The summed E-state index contributed by atoms with van der Waals surface area (Å²) in [6.07, 6.45) is -4.78. The van der Waals surface area contributed by atoms with E-state index in [1.807, 2.05) is 53.7 Å². The molecular weight excluding hydrogens is 675 g/mol. The van der Waals surface area contributed by atoms with Crippen molar-refractivity contribution in [1.82, 2.24) is 29.5 Å². The second-order valence-electron chi connectivity index (χ2n) is 9.41. The van der Waals surface area contributed by atoms with Crippen LogP contribution in [-0.2, 0) is 20.9 Å². The van der Waals surface area contributed by atoms with Crippen LogP contribution in [0.15, 0.2) is 67.4 Å². The van der Waals surface area contributed by atoms with Crippen molar-refractivity contribution < 1.29 is 69.2 Å². The molecule has 1 fully saturated rings. The minimum absolute atomic E-state index is 0.385. The maximum Gasteiger partial charge on any atom is 0.490 e. The fourth-order valence-corrected chi connectivity index (χ4v) is 3.72. The summed E-state index contributed by atoms with van der Waals surface area (Å²) in [5.41, 5.74) is 4.45. The van der Waals surface area contributed by atoms with Crippen LogP contribution in [-0.4, -0.2) is 94.3 Å². The molecule has 0 bridgehead atoms. The van der Waals surface area contributed by atoms with Gasteiger partial charge in [-0.25, -0.2) is 23.9 Å². The van der Waals surface area contributed by atoms with Crippen molar-refractivity contribution in [1.29, 1.82) is 0 Å². The highest BCUT2D eigenvalue weighted by Crippen LogP contribution is 2.27. The number of nitrogens with zero attached hydrogens (tertiary/aromatic N) is 6. The predicted octanol–water partition coefficient (Wildman–Crippen LogP) is 5.08. The van der Waals surface area contributed by atoms with Crippen molar-refractivity contribution in [3.05, 3.63) is 78.8 Å². The highest BCUT2D eigenvalue weighted by Gasteiger charge is 2.39. The number of rotatable bonds is 4. The lowest BCUT2D eigenvalue weighted by Gasteiger charge is -2.14. The van der Waals surface area contributed by atoms with Crippen LogP contribution in [0, 0.1) is 0 Å². The Morgan fingerprint density at radius 3 is 1.62 bits per heavy atom. The molecule has 0 saturated carbocycles. The normalized spacial score (nSPS) is 14.8. The molecule has 1 atom stereocenters. The number of hydrogen-bond donors (Lipinski definition) is 3. The molecule has 3 N–H and O–H groups in total. The third-order valence-corrected chi connectivity index (χ3v) is 5.88. The summed E-state index contributed by atoms with van der Waals surface area (Å²) in [6, 6.07) is 12.3. The lowest BCUT2D eigenvalue weighted by molar-refractivity contribution is -0.193. The highest BCUT2D eigenvalue weighted by molar-refractivity contribution is 5.73. The van der Waals surface area contributed by atoms with Crippen molar-refractivity contribution in [2.45, 2.75) is 37.4 Å². The Morgan fingerprint density at radius 2 is 1.17 bits per heavy atom. The van der Waals surface area contributed by atoms with E-state index in [2.05, 4.69) is 33.1 Å². The van der Waals surface area contributed by atoms with Crippen LogP contribution in [0.1, 0.15) is 23.7 Å². The molecule has 0 radical (unpaired) electrons. The summed E-state index contributed by atoms with van der Waals surface area (Å²) >= 11 is 0. The average Bonchev–Trinajstić information content (AvgIpc) is 3.64. The van der Waals surface area contributed by atoms with E-state index in [1.165, 1.54) is 5.56 Å².